The summed E-state index contributed by atoms with van der Waals surface area (Å²) in [6, 6.07) is 0.607. The van der Waals surface area contributed by atoms with Crippen LogP contribution in [0.15, 0.2) is 0 Å². The fourth-order valence-corrected chi connectivity index (χ4v) is 2.83. The number of thioether (sulfide) groups is 1. The second kappa shape index (κ2) is 5.75. The van der Waals surface area contributed by atoms with Gasteiger partial charge in [0.25, 0.3) is 0 Å². The molecule has 0 aromatic heterocycles. The van der Waals surface area contributed by atoms with E-state index in [1.807, 2.05) is 25.6 Å². The Kier molecular flexibility index (Phi) is 4.93. The van der Waals surface area contributed by atoms with E-state index < -0.39 is 0 Å². The molecule has 0 unspecified atom stereocenters. The quantitative estimate of drug-likeness (QED) is 0.763. The molecule has 1 fully saturated rings. The van der Waals surface area contributed by atoms with Gasteiger partial charge in [-0.15, -0.1) is 0 Å². The first-order valence-corrected chi connectivity index (χ1v) is 6.75. The third-order valence-corrected chi connectivity index (χ3v) is 3.94. The number of rotatable bonds is 4. The lowest BCUT2D eigenvalue weighted by Crippen LogP contribution is -2.45. The maximum Gasteiger partial charge on any atom is 0.226 e. The van der Waals surface area contributed by atoms with E-state index >= 15 is 0 Å². The van der Waals surface area contributed by atoms with Crippen molar-refractivity contribution in [2.24, 2.45) is 5.41 Å². The Labute approximate surface area is 96.8 Å². The number of hydrogen-bond acceptors (Lipinski definition) is 3. The molecule has 0 bridgehead atoms. The number of carbonyl (C=O) groups is 1. The van der Waals surface area contributed by atoms with E-state index in [2.05, 4.69) is 10.6 Å². The smallest absolute Gasteiger partial charge is 0.226 e. The van der Waals surface area contributed by atoms with Crippen molar-refractivity contribution in [3.05, 3.63) is 0 Å². The van der Waals surface area contributed by atoms with Crippen LogP contribution in [-0.4, -0.2) is 37.0 Å². The predicted molar refractivity (Wildman–Crippen MR) is 66.2 cm³/mol. The van der Waals surface area contributed by atoms with Crippen molar-refractivity contribution in [3.8, 4) is 0 Å². The van der Waals surface area contributed by atoms with Crippen LogP contribution >= 0.6 is 11.8 Å². The Balaban J connectivity index is 2.31. The third-order valence-electron chi connectivity index (χ3n) is 2.90. The van der Waals surface area contributed by atoms with Crippen molar-refractivity contribution in [2.75, 3.05) is 25.1 Å². The molecule has 1 amide bonds. The highest BCUT2D eigenvalue weighted by atomic mass is 32.2. The Morgan fingerprint density at radius 2 is 2.00 bits per heavy atom. The monoisotopic (exact) mass is 230 g/mol. The molecule has 1 aliphatic heterocycles. The average molecular weight is 230 g/mol. The maximum absolute atomic E-state index is 11.6. The lowest BCUT2D eigenvalue weighted by atomic mass is 9.91. The summed E-state index contributed by atoms with van der Waals surface area (Å²) in [4.78, 5) is 11.6. The van der Waals surface area contributed by atoms with E-state index in [4.69, 9.17) is 0 Å². The molecule has 0 spiro atoms. The molecule has 0 aliphatic carbocycles. The third kappa shape index (κ3) is 4.03. The molecule has 0 aromatic carbocycles. The molecule has 1 heterocycles. The van der Waals surface area contributed by atoms with Crippen LogP contribution in [0.5, 0.6) is 0 Å². The van der Waals surface area contributed by atoms with Gasteiger partial charge in [0.05, 0.1) is 5.41 Å². The molecule has 3 nitrogen and oxygen atoms in total. The molecule has 1 saturated heterocycles. The zero-order valence-electron chi connectivity index (χ0n) is 9.93. The van der Waals surface area contributed by atoms with Gasteiger partial charge in [-0.05, 0) is 38.2 Å². The highest BCUT2D eigenvalue weighted by Crippen LogP contribution is 2.19. The predicted octanol–water partition coefficient (Wildman–Crippen LogP) is 1.24. The molecule has 0 saturated carbocycles. The minimum atomic E-state index is -0.306. The molecule has 0 atom stereocenters. The largest absolute Gasteiger partial charge is 0.359 e. The van der Waals surface area contributed by atoms with Crippen LogP contribution in [0, 0.1) is 5.41 Å². The zero-order chi connectivity index (χ0) is 11.3. The zero-order valence-corrected chi connectivity index (χ0v) is 10.7. The molecule has 1 aliphatic rings. The molecule has 15 heavy (non-hydrogen) atoms. The van der Waals surface area contributed by atoms with Crippen LogP contribution in [0.2, 0.25) is 0 Å². The molecule has 0 radical (unpaired) electrons. The average Bonchev–Trinajstić information content (AvgIpc) is 2.27. The van der Waals surface area contributed by atoms with E-state index in [0.717, 1.165) is 6.54 Å². The number of nitrogens with one attached hydrogen (secondary N) is 2. The first-order valence-electron chi connectivity index (χ1n) is 5.59. The minimum Gasteiger partial charge on any atom is -0.359 e. The molecule has 2 N–H and O–H groups in total. The first-order chi connectivity index (χ1) is 7.06. The SMILES string of the molecule is CNC(=O)C(C)(C)CNC1CCSCC1. The van der Waals surface area contributed by atoms with Crippen LogP contribution in [0.3, 0.4) is 0 Å². The van der Waals surface area contributed by atoms with Crippen molar-refractivity contribution < 1.29 is 4.79 Å². The van der Waals surface area contributed by atoms with E-state index in [0.29, 0.717) is 6.04 Å². The van der Waals surface area contributed by atoms with Gasteiger partial charge in [-0.2, -0.15) is 11.8 Å². The van der Waals surface area contributed by atoms with Crippen molar-refractivity contribution in [1.82, 2.24) is 10.6 Å². The van der Waals surface area contributed by atoms with E-state index in [9.17, 15) is 4.79 Å². The summed E-state index contributed by atoms with van der Waals surface area (Å²) in [6.45, 7) is 4.73. The van der Waals surface area contributed by atoms with Crippen LogP contribution in [0.4, 0.5) is 0 Å². The van der Waals surface area contributed by atoms with Crippen molar-refractivity contribution in [2.45, 2.75) is 32.7 Å². The number of hydrogen-bond donors (Lipinski definition) is 2. The lowest BCUT2D eigenvalue weighted by Gasteiger charge is -2.28. The Bertz CT molecular complexity index is 213. The van der Waals surface area contributed by atoms with Gasteiger partial charge in [-0.1, -0.05) is 0 Å². The fourth-order valence-electron chi connectivity index (χ4n) is 1.72. The topological polar surface area (TPSA) is 41.1 Å². The standard InChI is InChI=1S/C11H22N2OS/c1-11(2,10(14)12-3)8-13-9-4-6-15-7-5-9/h9,13H,4-8H2,1-3H3,(H,12,14). The summed E-state index contributed by atoms with van der Waals surface area (Å²) >= 11 is 2.02. The van der Waals surface area contributed by atoms with E-state index in [1.54, 1.807) is 7.05 Å². The Morgan fingerprint density at radius 1 is 1.40 bits per heavy atom. The molecule has 0 aromatic rings. The lowest BCUT2D eigenvalue weighted by molar-refractivity contribution is -0.128. The van der Waals surface area contributed by atoms with Gasteiger partial charge in [-0.25, -0.2) is 0 Å². The molecular formula is C11H22N2OS. The Hall–Kier alpha value is -0.220. The van der Waals surface area contributed by atoms with Gasteiger partial charge in [0.2, 0.25) is 5.91 Å². The molecule has 1 rings (SSSR count). The van der Waals surface area contributed by atoms with Gasteiger partial charge in [0.15, 0.2) is 0 Å². The van der Waals surface area contributed by atoms with Gasteiger partial charge < -0.3 is 10.6 Å². The normalized spacial score (nSPS) is 18.9. The van der Waals surface area contributed by atoms with Crippen molar-refractivity contribution in [1.29, 1.82) is 0 Å². The molecular weight excluding hydrogens is 208 g/mol. The fraction of sp³-hybridized carbons (Fsp3) is 0.909. The van der Waals surface area contributed by atoms with Crippen LogP contribution in [0.25, 0.3) is 0 Å². The summed E-state index contributed by atoms with van der Waals surface area (Å²) in [7, 11) is 1.70. The van der Waals surface area contributed by atoms with Crippen LogP contribution < -0.4 is 10.6 Å². The van der Waals surface area contributed by atoms with Gasteiger partial charge in [-0.3, -0.25) is 4.79 Å². The number of carbonyl (C=O) groups excluding carboxylic acids is 1. The summed E-state index contributed by atoms with van der Waals surface area (Å²) in [5.41, 5.74) is -0.306. The maximum atomic E-state index is 11.6. The summed E-state index contributed by atoms with van der Waals surface area (Å²) in [5, 5.41) is 6.21. The second-order valence-electron chi connectivity index (χ2n) is 4.73. The summed E-state index contributed by atoms with van der Waals surface area (Å²) in [5.74, 6) is 2.61. The van der Waals surface area contributed by atoms with Gasteiger partial charge in [0, 0.05) is 19.6 Å². The van der Waals surface area contributed by atoms with Gasteiger partial charge >= 0.3 is 0 Å². The second-order valence-corrected chi connectivity index (χ2v) is 5.96. The van der Waals surface area contributed by atoms with Crippen molar-refractivity contribution in [3.63, 3.8) is 0 Å². The number of amides is 1. The molecule has 88 valence electrons. The highest BCUT2D eigenvalue weighted by molar-refractivity contribution is 7.99. The minimum absolute atomic E-state index is 0.111. The van der Waals surface area contributed by atoms with E-state index in [1.165, 1.54) is 24.3 Å². The Morgan fingerprint density at radius 3 is 2.53 bits per heavy atom. The van der Waals surface area contributed by atoms with Crippen LogP contribution in [0.1, 0.15) is 26.7 Å². The molecule has 4 heteroatoms. The van der Waals surface area contributed by atoms with Crippen molar-refractivity contribution >= 4 is 17.7 Å². The highest BCUT2D eigenvalue weighted by Gasteiger charge is 2.27. The summed E-state index contributed by atoms with van der Waals surface area (Å²) < 4.78 is 0. The van der Waals surface area contributed by atoms with E-state index in [-0.39, 0.29) is 11.3 Å². The van der Waals surface area contributed by atoms with Crippen LogP contribution in [-0.2, 0) is 4.79 Å². The first kappa shape index (κ1) is 12.8. The summed E-state index contributed by atoms with van der Waals surface area (Å²) in [6.07, 6.45) is 2.46. The van der Waals surface area contributed by atoms with Gasteiger partial charge in [0.1, 0.15) is 0 Å².